The summed E-state index contributed by atoms with van der Waals surface area (Å²) in [5.41, 5.74) is 0.319. The lowest BCUT2D eigenvalue weighted by atomic mass is 10.0. The monoisotopic (exact) mass is 190 g/mol. The van der Waals surface area contributed by atoms with Gasteiger partial charge in [-0.05, 0) is 18.6 Å². The van der Waals surface area contributed by atoms with Gasteiger partial charge in [-0.15, -0.1) is 0 Å². The van der Waals surface area contributed by atoms with Crippen LogP contribution >= 0.6 is 0 Å². The average molecular weight is 190 g/mol. The molecule has 0 radical (unpaired) electrons. The molecule has 0 heterocycles. The molecule has 0 aliphatic carbocycles. The van der Waals surface area contributed by atoms with Gasteiger partial charge in [-0.25, -0.2) is 0 Å². The number of carbonyl (C=O) groups is 1. The molecule has 0 atom stereocenters. The fourth-order valence-electron chi connectivity index (χ4n) is 1.13. The van der Waals surface area contributed by atoms with E-state index < -0.39 is 4.92 Å². The number of hydrogen-bond donors (Lipinski definition) is 0. The third-order valence-corrected chi connectivity index (χ3v) is 1.92. The van der Waals surface area contributed by atoms with Crippen LogP contribution in [0.1, 0.15) is 21.5 Å². The Labute approximate surface area is 79.7 Å². The van der Waals surface area contributed by atoms with Crippen molar-refractivity contribution in [2.45, 2.75) is 6.92 Å². The number of carbonyl (C=O) groups excluding carboxylic acids is 1. The first-order chi connectivity index (χ1) is 6.61. The van der Waals surface area contributed by atoms with E-state index in [1.807, 2.05) is 0 Å². The van der Waals surface area contributed by atoms with Crippen molar-refractivity contribution in [3.63, 3.8) is 0 Å². The number of nitro benzene ring substituents is 1. The highest BCUT2D eigenvalue weighted by Gasteiger charge is 2.17. The van der Waals surface area contributed by atoms with Crippen LogP contribution in [0.25, 0.3) is 0 Å². The summed E-state index contributed by atoms with van der Waals surface area (Å²) in [4.78, 5) is 20.4. The quantitative estimate of drug-likeness (QED) is 0.402. The van der Waals surface area contributed by atoms with Gasteiger partial charge >= 0.3 is 0 Å². The molecule has 0 saturated carbocycles. The van der Waals surface area contributed by atoms with Gasteiger partial charge in [-0.3, -0.25) is 14.9 Å². The molecule has 1 aromatic carbocycles. The number of nitro groups is 1. The lowest BCUT2D eigenvalue weighted by molar-refractivity contribution is -0.385. The molecule has 0 aliphatic heterocycles. The van der Waals surface area contributed by atoms with Gasteiger partial charge in [0.15, 0.2) is 0 Å². The predicted octanol–water partition coefficient (Wildman–Crippen LogP) is 1.59. The molecule has 5 nitrogen and oxygen atoms in total. The third kappa shape index (κ3) is 1.45. The van der Waals surface area contributed by atoms with Crippen LogP contribution < -0.4 is 0 Å². The van der Waals surface area contributed by atoms with E-state index in [0.29, 0.717) is 17.4 Å². The minimum absolute atomic E-state index is 0.0559. The zero-order valence-electron chi connectivity index (χ0n) is 7.35. The molecular weight excluding hydrogens is 184 g/mol. The fourth-order valence-corrected chi connectivity index (χ4v) is 1.13. The van der Waals surface area contributed by atoms with E-state index in [0.717, 1.165) is 6.07 Å². The molecule has 0 aliphatic rings. The first kappa shape index (κ1) is 9.86. The van der Waals surface area contributed by atoms with Gasteiger partial charge < -0.3 is 0 Å². The Hall–Kier alpha value is -2.22. The summed E-state index contributed by atoms with van der Waals surface area (Å²) in [5.74, 6) is 0. The maximum atomic E-state index is 10.5. The van der Waals surface area contributed by atoms with E-state index in [4.69, 9.17) is 5.26 Å². The molecule has 14 heavy (non-hydrogen) atoms. The Morgan fingerprint density at radius 2 is 2.21 bits per heavy atom. The van der Waals surface area contributed by atoms with Crippen molar-refractivity contribution in [2.75, 3.05) is 0 Å². The van der Waals surface area contributed by atoms with Gasteiger partial charge in [0.25, 0.3) is 5.69 Å². The van der Waals surface area contributed by atoms with Crippen molar-refractivity contribution in [3.8, 4) is 6.07 Å². The Bertz CT molecular complexity index is 446. The predicted molar refractivity (Wildman–Crippen MR) is 47.9 cm³/mol. The van der Waals surface area contributed by atoms with Gasteiger partial charge in [-0.2, -0.15) is 5.26 Å². The molecule has 0 aromatic heterocycles. The number of benzene rings is 1. The lowest BCUT2D eigenvalue weighted by Gasteiger charge is -2.00. The van der Waals surface area contributed by atoms with Gasteiger partial charge in [0.1, 0.15) is 17.9 Å². The highest BCUT2D eigenvalue weighted by molar-refractivity contribution is 5.80. The van der Waals surface area contributed by atoms with E-state index in [2.05, 4.69) is 0 Å². The lowest BCUT2D eigenvalue weighted by Crippen LogP contribution is -1.97. The highest BCUT2D eigenvalue weighted by atomic mass is 16.6. The zero-order valence-corrected chi connectivity index (χ0v) is 7.35. The number of aldehydes is 1. The van der Waals surface area contributed by atoms with Gasteiger partial charge in [0.2, 0.25) is 0 Å². The second kappa shape index (κ2) is 3.66. The van der Waals surface area contributed by atoms with Crippen LogP contribution in [0.5, 0.6) is 0 Å². The molecule has 0 fully saturated rings. The first-order valence-corrected chi connectivity index (χ1v) is 3.75. The van der Waals surface area contributed by atoms with Crippen molar-refractivity contribution in [2.24, 2.45) is 0 Å². The number of nitriles is 1. The van der Waals surface area contributed by atoms with Crippen molar-refractivity contribution in [3.05, 3.63) is 38.9 Å². The second-order valence-corrected chi connectivity index (χ2v) is 2.66. The molecule has 0 amide bonds. The Kier molecular flexibility index (Phi) is 2.58. The Balaban J connectivity index is 3.53. The molecule has 0 unspecified atom stereocenters. The van der Waals surface area contributed by atoms with Crippen LogP contribution in [0.15, 0.2) is 12.1 Å². The van der Waals surface area contributed by atoms with Crippen molar-refractivity contribution < 1.29 is 9.72 Å². The number of hydrogen-bond acceptors (Lipinski definition) is 4. The summed E-state index contributed by atoms with van der Waals surface area (Å²) in [6.07, 6.45) is 0.569. The topological polar surface area (TPSA) is 84.0 Å². The molecule has 0 bridgehead atoms. The van der Waals surface area contributed by atoms with Crippen LogP contribution in [-0.2, 0) is 0 Å². The molecule has 0 N–H and O–H groups in total. The van der Waals surface area contributed by atoms with Crippen molar-refractivity contribution in [1.29, 1.82) is 5.26 Å². The minimum Gasteiger partial charge on any atom is -0.298 e. The van der Waals surface area contributed by atoms with Crippen LogP contribution in [-0.4, -0.2) is 11.2 Å². The maximum absolute atomic E-state index is 10.5. The van der Waals surface area contributed by atoms with Crippen LogP contribution in [0.2, 0.25) is 0 Å². The summed E-state index contributed by atoms with van der Waals surface area (Å²) in [5, 5.41) is 19.2. The van der Waals surface area contributed by atoms with E-state index in [1.54, 1.807) is 6.07 Å². The van der Waals surface area contributed by atoms with Crippen molar-refractivity contribution in [1.82, 2.24) is 0 Å². The smallest absolute Gasteiger partial charge is 0.287 e. The largest absolute Gasteiger partial charge is 0.298 e. The molecule has 1 aromatic rings. The number of rotatable bonds is 2. The van der Waals surface area contributed by atoms with Crippen molar-refractivity contribution >= 4 is 12.0 Å². The zero-order chi connectivity index (χ0) is 10.7. The molecular formula is C9H6N2O3. The first-order valence-electron chi connectivity index (χ1n) is 3.75. The molecule has 0 spiro atoms. The Morgan fingerprint density at radius 1 is 1.57 bits per heavy atom. The van der Waals surface area contributed by atoms with Crippen LogP contribution in [0, 0.1) is 28.4 Å². The summed E-state index contributed by atoms with van der Waals surface area (Å²) >= 11 is 0. The van der Waals surface area contributed by atoms with Crippen LogP contribution in [0.3, 0.4) is 0 Å². The number of nitrogens with zero attached hydrogens (tertiary/aromatic N) is 2. The fraction of sp³-hybridized carbons (Fsp3) is 0.111. The Morgan fingerprint density at radius 3 is 2.64 bits per heavy atom. The molecule has 5 heteroatoms. The minimum atomic E-state index is -0.639. The van der Waals surface area contributed by atoms with E-state index in [-0.39, 0.29) is 11.3 Å². The van der Waals surface area contributed by atoms with Gasteiger partial charge in [0.05, 0.1) is 4.92 Å². The second-order valence-electron chi connectivity index (χ2n) is 2.66. The standard InChI is InChI=1S/C9H6N2O3/c1-6-7(5-12)2-3-9(11(13)14)8(6)4-10/h2-3,5H,1H3. The van der Waals surface area contributed by atoms with Crippen LogP contribution in [0.4, 0.5) is 5.69 Å². The van der Waals surface area contributed by atoms with E-state index in [1.165, 1.54) is 13.0 Å². The molecule has 1 rings (SSSR count). The summed E-state index contributed by atoms with van der Waals surface area (Å²) in [7, 11) is 0. The SMILES string of the molecule is Cc1c(C=O)ccc([N+](=O)[O-])c1C#N. The third-order valence-electron chi connectivity index (χ3n) is 1.92. The summed E-state index contributed by atoms with van der Waals surface area (Å²) in [6.45, 7) is 1.51. The molecule has 70 valence electrons. The average Bonchev–Trinajstić information content (AvgIpc) is 2.17. The van der Waals surface area contributed by atoms with E-state index in [9.17, 15) is 14.9 Å². The summed E-state index contributed by atoms with van der Waals surface area (Å²) < 4.78 is 0. The highest BCUT2D eigenvalue weighted by Crippen LogP contribution is 2.22. The van der Waals surface area contributed by atoms with Gasteiger partial charge in [0, 0.05) is 11.6 Å². The summed E-state index contributed by atoms with van der Waals surface area (Å²) in [6, 6.07) is 4.22. The normalized spacial score (nSPS) is 9.14. The maximum Gasteiger partial charge on any atom is 0.287 e. The van der Waals surface area contributed by atoms with E-state index >= 15 is 0 Å². The molecule has 0 saturated heterocycles. The van der Waals surface area contributed by atoms with Gasteiger partial charge in [-0.1, -0.05) is 0 Å².